The van der Waals surface area contributed by atoms with Crippen LogP contribution < -0.4 is 19.7 Å². The number of fused-ring (bicyclic) bond motifs is 15. The number of aromatic nitrogens is 4. The van der Waals surface area contributed by atoms with Crippen molar-refractivity contribution < 1.29 is 4.91 Å². The molecule has 0 saturated carbocycles. The lowest BCUT2D eigenvalue weighted by Crippen LogP contribution is -2.58. The Morgan fingerprint density at radius 3 is 0.714 bits per heavy atom. The van der Waals surface area contributed by atoms with Gasteiger partial charge in [0, 0.05) is 33.4 Å². The lowest BCUT2D eigenvalue weighted by Gasteiger charge is -2.27. The Morgan fingerprint density at radius 2 is 0.444 bits per heavy atom. The summed E-state index contributed by atoms with van der Waals surface area (Å²) in [5.74, 6) is 0.919. The smallest absolute Gasteiger partial charge is 0.273 e. The maximum Gasteiger partial charge on any atom is 0.309 e. The van der Waals surface area contributed by atoms with E-state index in [-0.39, 0.29) is 0 Å². The molecule has 0 bridgehead atoms. The molecule has 10 aromatic rings. The molecule has 63 heavy (non-hydrogen) atoms. The molecule has 4 heterocycles. The number of hydrogen-bond acceptors (Lipinski definition) is 6. The van der Waals surface area contributed by atoms with Gasteiger partial charge in [-0.05, 0) is 69.8 Å². The van der Waals surface area contributed by atoms with Crippen LogP contribution in [-0.4, -0.2) is 15.2 Å². The second kappa shape index (κ2) is 13.9. The minimum atomic E-state index is 0.459. The van der Waals surface area contributed by atoms with Crippen molar-refractivity contribution in [3.63, 3.8) is 0 Å². The zero-order valence-electron chi connectivity index (χ0n) is 33.9. The molecule has 0 aliphatic carbocycles. The zero-order chi connectivity index (χ0) is 41.4. The van der Waals surface area contributed by atoms with E-state index < -0.39 is 0 Å². The predicted molar refractivity (Wildman–Crippen MR) is 253 cm³/mol. The minimum Gasteiger partial charge on any atom is -0.273 e. The van der Waals surface area contributed by atoms with Crippen molar-refractivity contribution in [3.05, 3.63) is 218 Å². The highest BCUT2D eigenvalue weighted by atomic mass is 15.8. The number of nitrogens with zero attached hydrogens (tertiary/aromatic N) is 7. The lowest BCUT2D eigenvalue weighted by molar-refractivity contribution is -0.787. The first-order chi connectivity index (χ1) is 31.3. The summed E-state index contributed by atoms with van der Waals surface area (Å²) in [6.07, 6.45) is 0. The summed E-state index contributed by atoms with van der Waals surface area (Å²) in [5, 5.41) is 13.3. The molecule has 0 radical (unpaired) electrons. The third-order valence-electron chi connectivity index (χ3n) is 12.5. The summed E-state index contributed by atoms with van der Waals surface area (Å²) in [6.45, 7) is 0. The molecule has 3 aliphatic rings. The fourth-order valence-electron chi connectivity index (χ4n) is 9.82. The second-order valence-corrected chi connectivity index (χ2v) is 15.9. The predicted octanol–water partition coefficient (Wildman–Crippen LogP) is 13.6. The van der Waals surface area contributed by atoms with Gasteiger partial charge in [0.05, 0.1) is 22.7 Å². The molecular formula is C56H36N7+. The van der Waals surface area contributed by atoms with E-state index in [4.69, 9.17) is 15.2 Å². The number of para-hydroxylation sites is 6. The highest BCUT2D eigenvalue weighted by molar-refractivity contribution is 6.04. The van der Waals surface area contributed by atoms with E-state index in [0.29, 0.717) is 11.9 Å². The summed E-state index contributed by atoms with van der Waals surface area (Å²) in [4.78, 5) is 11.8. The molecule has 0 amide bonds. The van der Waals surface area contributed by atoms with Crippen molar-refractivity contribution in [1.82, 2.24) is 15.2 Å². The van der Waals surface area contributed by atoms with Crippen LogP contribution in [0, 0.1) is 0 Å². The first-order valence-corrected chi connectivity index (χ1v) is 21.2. The number of hydrogen-bond donors (Lipinski definition) is 0. The third kappa shape index (κ3) is 5.33. The van der Waals surface area contributed by atoms with Gasteiger partial charge in [0.15, 0.2) is 4.91 Å². The molecule has 13 rings (SSSR count). The summed E-state index contributed by atoms with van der Waals surface area (Å²) < 4.78 is 0. The Bertz CT molecular complexity index is 2890. The van der Waals surface area contributed by atoms with E-state index in [1.165, 1.54) is 0 Å². The van der Waals surface area contributed by atoms with Crippen LogP contribution in [0.1, 0.15) is 0 Å². The van der Waals surface area contributed by atoms with Gasteiger partial charge in [0.25, 0.3) is 0 Å². The molecular weight excluding hydrogens is 771 g/mol. The average molecular weight is 807 g/mol. The molecule has 0 atom stereocenters. The van der Waals surface area contributed by atoms with Crippen molar-refractivity contribution >= 4 is 46.0 Å². The summed E-state index contributed by atoms with van der Waals surface area (Å²) in [6, 6.07) is 77.2. The van der Waals surface area contributed by atoms with E-state index in [9.17, 15) is 0 Å². The molecule has 3 aliphatic heterocycles. The van der Waals surface area contributed by atoms with Crippen molar-refractivity contribution in [2.75, 3.05) is 14.8 Å². The van der Waals surface area contributed by atoms with Gasteiger partial charge in [-0.15, -0.1) is 0 Å². The van der Waals surface area contributed by atoms with Gasteiger partial charge < -0.3 is 0 Å². The monoisotopic (exact) mass is 806 g/mol. The van der Waals surface area contributed by atoms with Gasteiger partial charge in [-0.2, -0.15) is 4.98 Å². The van der Waals surface area contributed by atoms with Crippen LogP contribution in [0.3, 0.4) is 0 Å². The lowest BCUT2D eigenvalue weighted by atomic mass is 9.95. The Morgan fingerprint density at radius 1 is 0.238 bits per heavy atom. The van der Waals surface area contributed by atoms with Gasteiger partial charge in [0.2, 0.25) is 0 Å². The van der Waals surface area contributed by atoms with Crippen molar-refractivity contribution in [2.45, 2.75) is 0 Å². The van der Waals surface area contributed by atoms with Gasteiger partial charge in [-0.1, -0.05) is 187 Å². The third-order valence-corrected chi connectivity index (χ3v) is 12.5. The summed E-state index contributed by atoms with van der Waals surface area (Å²) in [7, 11) is 0. The Balaban J connectivity index is 1.16. The molecule has 9 aromatic carbocycles. The molecule has 0 N–H and O–H groups in total. The van der Waals surface area contributed by atoms with Gasteiger partial charge in [-0.3, -0.25) is 9.80 Å². The summed E-state index contributed by atoms with van der Waals surface area (Å²) >= 11 is 0. The fraction of sp³-hybridized carbons (Fsp3) is 0. The van der Waals surface area contributed by atoms with Gasteiger partial charge >= 0.3 is 11.9 Å². The van der Waals surface area contributed by atoms with Crippen LogP contribution in [0.4, 0.5) is 46.0 Å². The highest BCUT2D eigenvalue weighted by Gasteiger charge is 2.39. The van der Waals surface area contributed by atoms with Crippen LogP contribution in [-0.2, 0) is 0 Å². The van der Waals surface area contributed by atoms with Crippen LogP contribution in [0.15, 0.2) is 218 Å². The van der Waals surface area contributed by atoms with E-state index in [1.807, 2.05) is 0 Å². The normalized spacial score (nSPS) is 12.7. The molecule has 0 saturated heterocycles. The molecule has 7 nitrogen and oxygen atoms in total. The number of benzene rings is 9. The van der Waals surface area contributed by atoms with Crippen LogP contribution >= 0.6 is 0 Å². The van der Waals surface area contributed by atoms with E-state index in [0.717, 1.165) is 101 Å². The number of anilines is 8. The van der Waals surface area contributed by atoms with Gasteiger partial charge in [-0.25, -0.2) is 0 Å². The Kier molecular flexibility index (Phi) is 7.77. The van der Waals surface area contributed by atoms with E-state index in [2.05, 4.69) is 233 Å². The van der Waals surface area contributed by atoms with Gasteiger partial charge in [0.1, 0.15) is 21.6 Å². The average Bonchev–Trinajstić information content (AvgIpc) is 3.63. The molecule has 294 valence electrons. The SMILES string of the molecule is c1ccc2c(c1)-c1ccccc1N(c1nc(N3c4ccccc4-c4ccccc4-c4ccccc43)n[n+](N3c4ccccc4-c4ccccc4-c4ccccc43)n1)c1ccccc1-2. The largest absolute Gasteiger partial charge is 0.309 e. The maximum atomic E-state index is 5.64. The maximum absolute atomic E-state index is 5.64. The summed E-state index contributed by atoms with van der Waals surface area (Å²) in [5.41, 5.74) is 19.1. The standard InChI is InChI=1S/C56H36N7/c1-2-20-38-37(19-1)43-25-7-13-31-49(43)60(50-32-14-8-26-44(38)50)55-57-56(61-51-33-15-9-27-45(51)39-21-3-4-22-40(39)46-28-10-16-34-52(46)61)59-63(58-55)62-53-35-17-11-29-47(53)41-23-5-6-24-42(41)48-30-12-18-36-54(48)62/h1-36H/q+1. The van der Waals surface area contributed by atoms with E-state index in [1.54, 1.807) is 4.91 Å². The second-order valence-electron chi connectivity index (χ2n) is 15.9. The Labute approximate surface area is 364 Å². The van der Waals surface area contributed by atoms with Crippen molar-refractivity contribution in [1.29, 1.82) is 0 Å². The molecule has 0 spiro atoms. The molecule has 7 heteroatoms. The Hall–Kier alpha value is -8.68. The molecule has 1 aromatic heterocycles. The molecule has 0 unspecified atom stereocenters. The minimum absolute atomic E-state index is 0.459. The van der Waals surface area contributed by atoms with E-state index >= 15 is 0 Å². The number of rotatable bonds is 3. The van der Waals surface area contributed by atoms with Crippen molar-refractivity contribution in [3.8, 4) is 66.8 Å². The highest BCUT2D eigenvalue weighted by Crippen LogP contribution is 2.53. The first-order valence-electron chi connectivity index (χ1n) is 21.2. The topological polar surface area (TPSA) is 52.3 Å². The van der Waals surface area contributed by atoms with Crippen LogP contribution in [0.5, 0.6) is 0 Å². The van der Waals surface area contributed by atoms with Crippen molar-refractivity contribution in [2.24, 2.45) is 0 Å². The van der Waals surface area contributed by atoms with Crippen LogP contribution in [0.2, 0.25) is 0 Å². The van der Waals surface area contributed by atoms with Crippen LogP contribution in [0.25, 0.3) is 66.8 Å². The quantitative estimate of drug-likeness (QED) is 0.166. The first kappa shape index (κ1) is 35.1. The molecule has 0 fully saturated rings. The fourth-order valence-corrected chi connectivity index (χ4v) is 9.82. The zero-order valence-corrected chi connectivity index (χ0v) is 33.9.